The maximum Gasteiger partial charge on any atom is 0.410 e. The van der Waals surface area contributed by atoms with E-state index in [2.05, 4.69) is 21.8 Å². The summed E-state index contributed by atoms with van der Waals surface area (Å²) in [5, 5.41) is 3.54. The highest BCUT2D eigenvalue weighted by Crippen LogP contribution is 2.26. The van der Waals surface area contributed by atoms with Crippen LogP contribution in [0.5, 0.6) is 5.75 Å². The second-order valence-electron chi connectivity index (χ2n) is 10.6. The van der Waals surface area contributed by atoms with Gasteiger partial charge >= 0.3 is 6.09 Å². The Morgan fingerprint density at radius 2 is 1.78 bits per heavy atom. The predicted octanol–water partition coefficient (Wildman–Crippen LogP) is 3.97. The van der Waals surface area contributed by atoms with Crippen molar-refractivity contribution >= 4 is 34.6 Å². The maximum atomic E-state index is 13.4. The molecule has 1 amide bonds. The monoisotopic (exact) mass is 558 g/mol. The largest absolute Gasteiger partial charge is 0.495 e. The van der Waals surface area contributed by atoms with E-state index in [-0.39, 0.29) is 18.2 Å². The van der Waals surface area contributed by atoms with Crippen LogP contribution in [0, 0.1) is 0 Å². The number of nitrogens with zero attached hydrogens (tertiary/aromatic N) is 7. The van der Waals surface area contributed by atoms with E-state index < -0.39 is 5.60 Å². The van der Waals surface area contributed by atoms with E-state index >= 15 is 0 Å². The number of fused-ring (bicyclic) bond motifs is 1. The lowest BCUT2D eigenvalue weighted by Gasteiger charge is -2.36. The van der Waals surface area contributed by atoms with Gasteiger partial charge in [0.25, 0.3) is 5.56 Å². The van der Waals surface area contributed by atoms with E-state index in [1.54, 1.807) is 22.8 Å². The fourth-order valence-corrected chi connectivity index (χ4v) is 4.63. The summed E-state index contributed by atoms with van der Waals surface area (Å²) in [5.74, 6) is 2.19. The number of ether oxygens (including phenoxy) is 2. The number of hydrogen-bond donors (Lipinski definition) is 1. The molecule has 12 nitrogen and oxygen atoms in total. The minimum absolute atomic E-state index is 0.248. The summed E-state index contributed by atoms with van der Waals surface area (Å²) in [7, 11) is 1.59. The Kier molecular flexibility index (Phi) is 7.64. The van der Waals surface area contributed by atoms with Gasteiger partial charge in [-0.15, -0.1) is 6.58 Å². The summed E-state index contributed by atoms with van der Waals surface area (Å²) in [6.45, 7) is 11.9. The van der Waals surface area contributed by atoms with Crippen molar-refractivity contribution in [3.63, 3.8) is 0 Å². The lowest BCUT2D eigenvalue weighted by atomic mass is 10.2. The van der Waals surface area contributed by atoms with Crippen molar-refractivity contribution in [2.75, 3.05) is 43.5 Å². The number of aromatic nitrogens is 5. The molecule has 12 heteroatoms. The first kappa shape index (κ1) is 27.7. The SMILES string of the molecule is C=CCn1c(=O)c2cnc(Nc3ccccc3OC)nc2n1-c1cccc(N2CCN(C(=O)OC(C)(C)C)CC2)n1. The molecule has 0 bridgehead atoms. The normalized spacial score (nSPS) is 13.8. The molecule has 1 N–H and O–H groups in total. The number of hydrogen-bond acceptors (Lipinski definition) is 9. The number of carbonyl (C=O) groups is 1. The Morgan fingerprint density at radius 3 is 2.49 bits per heavy atom. The number of carbonyl (C=O) groups excluding carboxylic acids is 1. The fourth-order valence-electron chi connectivity index (χ4n) is 4.63. The number of allylic oxidation sites excluding steroid dienone is 1. The van der Waals surface area contributed by atoms with Crippen LogP contribution in [-0.4, -0.2) is 74.2 Å². The molecule has 0 unspecified atom stereocenters. The smallest absolute Gasteiger partial charge is 0.410 e. The quantitative estimate of drug-likeness (QED) is 0.336. The Labute approximate surface area is 237 Å². The van der Waals surface area contributed by atoms with Gasteiger partial charge in [-0.25, -0.2) is 24.1 Å². The first-order valence-electron chi connectivity index (χ1n) is 13.4. The molecule has 1 fully saturated rings. The minimum atomic E-state index is -0.545. The molecule has 0 spiro atoms. The number of pyridine rings is 1. The van der Waals surface area contributed by atoms with Gasteiger partial charge in [0, 0.05) is 32.4 Å². The van der Waals surface area contributed by atoms with Gasteiger partial charge in [0.2, 0.25) is 5.95 Å². The molecular formula is C29H34N8O4. The van der Waals surface area contributed by atoms with Crippen molar-refractivity contribution in [1.29, 1.82) is 0 Å². The fraction of sp³-hybridized carbons (Fsp3) is 0.345. The van der Waals surface area contributed by atoms with Crippen LogP contribution in [0.15, 0.2) is 66.1 Å². The van der Waals surface area contributed by atoms with E-state index in [9.17, 15) is 9.59 Å². The number of piperazine rings is 1. The molecule has 3 aromatic heterocycles. The van der Waals surface area contributed by atoms with Crippen molar-refractivity contribution < 1.29 is 14.3 Å². The van der Waals surface area contributed by atoms with E-state index in [1.807, 2.05) is 63.2 Å². The molecule has 0 aliphatic carbocycles. The van der Waals surface area contributed by atoms with Gasteiger partial charge in [0.15, 0.2) is 11.5 Å². The van der Waals surface area contributed by atoms with Gasteiger partial charge < -0.3 is 24.6 Å². The van der Waals surface area contributed by atoms with Crippen molar-refractivity contribution in [1.82, 2.24) is 29.2 Å². The molecule has 0 saturated carbocycles. The maximum absolute atomic E-state index is 13.4. The third kappa shape index (κ3) is 5.86. The zero-order valence-corrected chi connectivity index (χ0v) is 23.7. The summed E-state index contributed by atoms with van der Waals surface area (Å²) in [6.07, 6.45) is 2.85. The summed E-state index contributed by atoms with van der Waals surface area (Å²) in [5.41, 5.74) is 0.307. The summed E-state index contributed by atoms with van der Waals surface area (Å²) < 4.78 is 14.2. The number of anilines is 3. The molecule has 1 aliphatic rings. The van der Waals surface area contributed by atoms with E-state index in [4.69, 9.17) is 19.4 Å². The summed E-state index contributed by atoms with van der Waals surface area (Å²) >= 11 is 0. The highest BCUT2D eigenvalue weighted by Gasteiger charge is 2.27. The Hall–Kier alpha value is -4.87. The van der Waals surface area contributed by atoms with Crippen LogP contribution in [-0.2, 0) is 11.3 Å². The Morgan fingerprint density at radius 1 is 1.05 bits per heavy atom. The summed E-state index contributed by atoms with van der Waals surface area (Å²) in [6, 6.07) is 13.1. The third-order valence-corrected chi connectivity index (χ3v) is 6.52. The highest BCUT2D eigenvalue weighted by molar-refractivity contribution is 5.77. The predicted molar refractivity (Wildman–Crippen MR) is 157 cm³/mol. The molecule has 4 heterocycles. The number of rotatable bonds is 7. The minimum Gasteiger partial charge on any atom is -0.495 e. The molecule has 1 aromatic carbocycles. The van der Waals surface area contributed by atoms with Gasteiger partial charge in [-0.05, 0) is 45.0 Å². The molecule has 0 atom stereocenters. The number of methoxy groups -OCH3 is 1. The molecule has 214 valence electrons. The molecule has 5 rings (SSSR count). The standard InChI is InChI=1S/C29H34N8O4/c1-6-14-36-26(38)20-19-30-27(31-21-10-7-8-11-22(21)40-5)33-25(20)37(36)24-13-9-12-23(32-24)34-15-17-35(18-16-34)28(39)41-29(2,3)4/h6-13,19H,1,14-18H2,2-5H3,(H,30,31,33). The molecule has 0 radical (unpaired) electrons. The van der Waals surface area contributed by atoms with Crippen molar-refractivity contribution in [2.45, 2.75) is 32.9 Å². The van der Waals surface area contributed by atoms with Crippen LogP contribution < -0.4 is 20.5 Å². The zero-order chi connectivity index (χ0) is 29.1. The number of benzene rings is 1. The van der Waals surface area contributed by atoms with Crippen LogP contribution >= 0.6 is 0 Å². The lowest BCUT2D eigenvalue weighted by molar-refractivity contribution is 0.0240. The first-order chi connectivity index (χ1) is 19.7. The molecule has 1 saturated heterocycles. The average molecular weight is 559 g/mol. The lowest BCUT2D eigenvalue weighted by Crippen LogP contribution is -2.50. The van der Waals surface area contributed by atoms with Crippen molar-refractivity contribution in [3.8, 4) is 11.6 Å². The molecule has 4 aromatic rings. The second-order valence-corrected chi connectivity index (χ2v) is 10.6. The van der Waals surface area contributed by atoms with Crippen molar-refractivity contribution in [2.24, 2.45) is 0 Å². The van der Waals surface area contributed by atoms with Crippen molar-refractivity contribution in [3.05, 3.63) is 71.7 Å². The van der Waals surface area contributed by atoms with Crippen LogP contribution in [0.2, 0.25) is 0 Å². The Bertz CT molecular complexity index is 1630. The van der Waals surface area contributed by atoms with Crippen LogP contribution in [0.4, 0.5) is 22.2 Å². The van der Waals surface area contributed by atoms with Gasteiger partial charge in [-0.3, -0.25) is 4.79 Å². The van der Waals surface area contributed by atoms with Gasteiger partial charge in [-0.1, -0.05) is 24.3 Å². The zero-order valence-electron chi connectivity index (χ0n) is 23.7. The average Bonchev–Trinajstić information content (AvgIpc) is 3.23. The number of amides is 1. The van der Waals surface area contributed by atoms with Crippen LogP contribution in [0.1, 0.15) is 20.8 Å². The second kappa shape index (κ2) is 11.3. The molecule has 41 heavy (non-hydrogen) atoms. The van der Waals surface area contributed by atoms with Crippen LogP contribution in [0.25, 0.3) is 16.9 Å². The van der Waals surface area contributed by atoms with E-state index in [1.165, 1.54) is 10.9 Å². The highest BCUT2D eigenvalue weighted by atomic mass is 16.6. The number of para-hydroxylation sites is 2. The van der Waals surface area contributed by atoms with E-state index in [0.717, 1.165) is 5.82 Å². The van der Waals surface area contributed by atoms with E-state index in [0.29, 0.717) is 60.4 Å². The third-order valence-electron chi connectivity index (χ3n) is 6.52. The topological polar surface area (TPSA) is 120 Å². The van der Waals surface area contributed by atoms with Gasteiger partial charge in [-0.2, -0.15) is 4.98 Å². The van der Waals surface area contributed by atoms with Gasteiger partial charge in [0.1, 0.15) is 22.6 Å². The molecular weight excluding hydrogens is 524 g/mol. The summed E-state index contributed by atoms with van der Waals surface area (Å²) in [4.78, 5) is 43.7. The first-order valence-corrected chi connectivity index (χ1v) is 13.4. The van der Waals surface area contributed by atoms with Crippen LogP contribution in [0.3, 0.4) is 0 Å². The Balaban J connectivity index is 1.47. The molecule has 1 aliphatic heterocycles. The number of nitrogens with one attached hydrogen (secondary N) is 1. The van der Waals surface area contributed by atoms with Gasteiger partial charge in [0.05, 0.1) is 19.3 Å².